The molecule has 0 aliphatic carbocycles. The highest BCUT2D eigenvalue weighted by Gasteiger charge is 2.30. The largest absolute Gasteiger partial charge is 0.480 e. The van der Waals surface area contributed by atoms with E-state index in [1.807, 2.05) is 44.3 Å². The van der Waals surface area contributed by atoms with E-state index in [9.17, 15) is 19.5 Å². The molecule has 1 aromatic carbocycles. The van der Waals surface area contributed by atoms with Gasteiger partial charge in [-0.25, -0.2) is 4.79 Å². The van der Waals surface area contributed by atoms with Crippen molar-refractivity contribution in [3.8, 4) is 0 Å². The van der Waals surface area contributed by atoms with Crippen molar-refractivity contribution in [3.63, 3.8) is 0 Å². The molecule has 2 aromatic rings. The Balaban J connectivity index is 2.23. The number of aromatic amines is 1. The van der Waals surface area contributed by atoms with Crippen LogP contribution in [0.5, 0.6) is 0 Å². The lowest BCUT2D eigenvalue weighted by molar-refractivity contribution is -0.143. The second-order valence-corrected chi connectivity index (χ2v) is 7.14. The molecule has 0 bridgehead atoms. The zero-order valence-electron chi connectivity index (χ0n) is 16.6. The van der Waals surface area contributed by atoms with Gasteiger partial charge in [0, 0.05) is 29.9 Å². The number of aliphatic carboxylic acids is 1. The number of nitrogens with one attached hydrogen (secondary N) is 3. The summed E-state index contributed by atoms with van der Waals surface area (Å²) >= 11 is 0. The van der Waals surface area contributed by atoms with Crippen molar-refractivity contribution in [2.75, 3.05) is 0 Å². The van der Waals surface area contributed by atoms with Crippen LogP contribution in [0.25, 0.3) is 10.9 Å². The van der Waals surface area contributed by atoms with Crippen LogP contribution >= 0.6 is 0 Å². The van der Waals surface area contributed by atoms with Gasteiger partial charge in [-0.15, -0.1) is 0 Å². The molecule has 0 radical (unpaired) electrons. The predicted octanol–water partition coefficient (Wildman–Crippen LogP) is 2.61. The maximum atomic E-state index is 12.9. The van der Waals surface area contributed by atoms with Gasteiger partial charge >= 0.3 is 5.97 Å². The van der Waals surface area contributed by atoms with Crippen molar-refractivity contribution in [1.29, 1.82) is 0 Å². The Kier molecular flexibility index (Phi) is 7.61. The summed E-state index contributed by atoms with van der Waals surface area (Å²) < 4.78 is 0. The molecule has 0 saturated carbocycles. The third-order valence-electron chi connectivity index (χ3n) is 5.00. The number of amides is 2. The van der Waals surface area contributed by atoms with Gasteiger partial charge in [0.05, 0.1) is 0 Å². The molecule has 1 aromatic heterocycles. The Morgan fingerprint density at radius 3 is 2.50 bits per heavy atom. The van der Waals surface area contributed by atoms with Gasteiger partial charge in [-0.1, -0.05) is 45.4 Å². The second kappa shape index (κ2) is 9.92. The number of carboxylic acids is 1. The van der Waals surface area contributed by atoms with Crippen LogP contribution in [0.1, 0.15) is 45.6 Å². The van der Waals surface area contributed by atoms with E-state index in [2.05, 4.69) is 15.6 Å². The Morgan fingerprint density at radius 1 is 1.14 bits per heavy atom. The van der Waals surface area contributed by atoms with Crippen LogP contribution in [0.15, 0.2) is 30.5 Å². The second-order valence-electron chi connectivity index (χ2n) is 7.14. The monoisotopic (exact) mass is 387 g/mol. The Labute approximate surface area is 164 Å². The summed E-state index contributed by atoms with van der Waals surface area (Å²) in [5, 5.41) is 15.8. The maximum absolute atomic E-state index is 12.9. The first-order valence-electron chi connectivity index (χ1n) is 9.74. The molecule has 7 heteroatoms. The van der Waals surface area contributed by atoms with E-state index in [0.29, 0.717) is 19.3 Å². The average Bonchev–Trinajstić information content (AvgIpc) is 3.07. The topological polar surface area (TPSA) is 111 Å². The van der Waals surface area contributed by atoms with Crippen molar-refractivity contribution in [2.45, 2.75) is 58.5 Å². The van der Waals surface area contributed by atoms with E-state index in [4.69, 9.17) is 0 Å². The van der Waals surface area contributed by atoms with Crippen LogP contribution in [-0.2, 0) is 20.8 Å². The number of hydrogen-bond donors (Lipinski definition) is 4. The molecule has 4 N–H and O–H groups in total. The highest BCUT2D eigenvalue weighted by molar-refractivity contribution is 5.91. The maximum Gasteiger partial charge on any atom is 0.326 e. The molecule has 0 spiro atoms. The first kappa shape index (κ1) is 21.5. The third kappa shape index (κ3) is 5.34. The number of carbonyl (C=O) groups is 3. The van der Waals surface area contributed by atoms with Crippen LogP contribution < -0.4 is 10.6 Å². The Morgan fingerprint density at radius 2 is 1.86 bits per heavy atom. The molecule has 0 saturated heterocycles. The van der Waals surface area contributed by atoms with Gasteiger partial charge in [-0.05, 0) is 24.0 Å². The van der Waals surface area contributed by atoms with Crippen LogP contribution in [-0.4, -0.2) is 40.0 Å². The number of aromatic nitrogens is 1. The first-order valence-corrected chi connectivity index (χ1v) is 9.74. The molecule has 152 valence electrons. The molecule has 0 aliphatic rings. The lowest BCUT2D eigenvalue weighted by Gasteiger charge is -2.24. The third-order valence-corrected chi connectivity index (χ3v) is 5.00. The molecule has 3 atom stereocenters. The van der Waals surface area contributed by atoms with Gasteiger partial charge < -0.3 is 20.7 Å². The van der Waals surface area contributed by atoms with Gasteiger partial charge in [0.2, 0.25) is 11.8 Å². The number of fused-ring (bicyclic) bond motifs is 1. The predicted molar refractivity (Wildman–Crippen MR) is 108 cm³/mol. The van der Waals surface area contributed by atoms with Crippen LogP contribution in [0.2, 0.25) is 0 Å². The minimum atomic E-state index is -1.08. The standard InChI is InChI=1S/C21H29N3O4/c1-4-8-18(25)23-17(20(26)24-19(21(27)28)13(3)5-2)11-14-12-22-16-10-7-6-9-15(14)16/h6-7,9-10,12-13,17,19,22H,4-5,8,11H2,1-3H3,(H,23,25)(H,24,26)(H,27,28). The fourth-order valence-corrected chi connectivity index (χ4v) is 3.16. The number of carboxylic acid groups (broad SMARTS) is 1. The van der Waals surface area contributed by atoms with E-state index >= 15 is 0 Å². The molecular weight excluding hydrogens is 358 g/mol. The zero-order chi connectivity index (χ0) is 20.7. The number of para-hydroxylation sites is 1. The fraction of sp³-hybridized carbons (Fsp3) is 0.476. The van der Waals surface area contributed by atoms with Crippen LogP contribution in [0, 0.1) is 5.92 Å². The highest BCUT2D eigenvalue weighted by atomic mass is 16.4. The summed E-state index contributed by atoms with van der Waals surface area (Å²) in [5.74, 6) is -2.00. The summed E-state index contributed by atoms with van der Waals surface area (Å²) in [4.78, 5) is 39.8. The van der Waals surface area contributed by atoms with Crippen LogP contribution in [0.3, 0.4) is 0 Å². The quantitative estimate of drug-likeness (QED) is 0.502. The van der Waals surface area contributed by atoms with Crippen molar-refractivity contribution >= 4 is 28.7 Å². The highest BCUT2D eigenvalue weighted by Crippen LogP contribution is 2.19. The van der Waals surface area contributed by atoms with Crippen LogP contribution in [0.4, 0.5) is 0 Å². The van der Waals surface area contributed by atoms with Gasteiger partial charge in [-0.3, -0.25) is 9.59 Å². The van der Waals surface area contributed by atoms with Gasteiger partial charge in [-0.2, -0.15) is 0 Å². The molecule has 2 rings (SSSR count). The number of rotatable bonds is 10. The number of carbonyl (C=O) groups excluding carboxylic acids is 2. The number of hydrogen-bond acceptors (Lipinski definition) is 3. The Bertz CT molecular complexity index is 830. The fourth-order valence-electron chi connectivity index (χ4n) is 3.16. The van der Waals surface area contributed by atoms with Crippen molar-refractivity contribution in [1.82, 2.24) is 15.6 Å². The first-order chi connectivity index (χ1) is 13.4. The smallest absolute Gasteiger partial charge is 0.326 e. The summed E-state index contributed by atoms with van der Waals surface area (Å²) in [6.45, 7) is 5.54. The molecule has 2 amide bonds. The molecule has 1 heterocycles. The summed E-state index contributed by atoms with van der Waals surface area (Å²) in [7, 11) is 0. The van der Waals surface area contributed by atoms with Crippen molar-refractivity contribution in [3.05, 3.63) is 36.0 Å². The number of benzene rings is 1. The SMILES string of the molecule is CCCC(=O)NC(Cc1c[nH]c2ccccc12)C(=O)NC(C(=O)O)C(C)CC. The zero-order valence-corrected chi connectivity index (χ0v) is 16.6. The van der Waals surface area contributed by atoms with E-state index in [1.165, 1.54) is 0 Å². The lowest BCUT2D eigenvalue weighted by Crippen LogP contribution is -2.54. The van der Waals surface area contributed by atoms with E-state index in [1.54, 1.807) is 6.92 Å². The molecule has 0 aliphatic heterocycles. The van der Waals surface area contributed by atoms with Crippen molar-refractivity contribution < 1.29 is 19.5 Å². The van der Waals surface area contributed by atoms with E-state index in [-0.39, 0.29) is 18.2 Å². The lowest BCUT2D eigenvalue weighted by atomic mass is 9.98. The summed E-state index contributed by atoms with van der Waals surface area (Å²) in [5.41, 5.74) is 1.84. The van der Waals surface area contributed by atoms with Gasteiger partial charge in [0.15, 0.2) is 0 Å². The van der Waals surface area contributed by atoms with E-state index < -0.39 is 24.0 Å². The van der Waals surface area contributed by atoms with Gasteiger partial charge in [0.1, 0.15) is 12.1 Å². The Hall–Kier alpha value is -2.83. The minimum absolute atomic E-state index is 0.221. The average molecular weight is 387 g/mol. The summed E-state index contributed by atoms with van der Waals surface area (Å²) in [6.07, 6.45) is 3.69. The molecular formula is C21H29N3O4. The van der Waals surface area contributed by atoms with Crippen molar-refractivity contribution in [2.24, 2.45) is 5.92 Å². The van der Waals surface area contributed by atoms with E-state index in [0.717, 1.165) is 16.5 Å². The molecule has 7 nitrogen and oxygen atoms in total. The molecule has 0 fully saturated rings. The minimum Gasteiger partial charge on any atom is -0.480 e. The summed E-state index contributed by atoms with van der Waals surface area (Å²) in [6, 6.07) is 5.87. The molecule has 3 unspecified atom stereocenters. The van der Waals surface area contributed by atoms with Gasteiger partial charge in [0.25, 0.3) is 0 Å². The molecule has 28 heavy (non-hydrogen) atoms. The number of H-pyrrole nitrogens is 1. The normalized spacial score (nSPS) is 14.2.